The smallest absolute Gasteiger partial charge is 0.127 e. The van der Waals surface area contributed by atoms with E-state index in [9.17, 15) is 0 Å². The van der Waals surface area contributed by atoms with Crippen LogP contribution in [-0.2, 0) is 6.61 Å². The standard InChI is InChI=1S/C19H16BrNO/c20-16-8-11-19(22-13-14-4-2-1-3-5-14)18(12-16)15-6-9-17(21)10-7-15/h1-12H,13,21H2. The largest absolute Gasteiger partial charge is 0.488 e. The minimum atomic E-state index is 0.546. The summed E-state index contributed by atoms with van der Waals surface area (Å²) < 4.78 is 7.03. The van der Waals surface area contributed by atoms with Gasteiger partial charge in [0.15, 0.2) is 0 Å². The monoisotopic (exact) mass is 353 g/mol. The molecule has 0 atom stereocenters. The van der Waals surface area contributed by atoms with Gasteiger partial charge in [0.1, 0.15) is 12.4 Å². The van der Waals surface area contributed by atoms with Gasteiger partial charge < -0.3 is 10.5 Å². The second-order valence-corrected chi connectivity index (χ2v) is 5.95. The van der Waals surface area contributed by atoms with Crippen LogP contribution in [0, 0.1) is 0 Å². The minimum Gasteiger partial charge on any atom is -0.488 e. The molecule has 0 bridgehead atoms. The minimum absolute atomic E-state index is 0.546. The van der Waals surface area contributed by atoms with E-state index in [1.807, 2.05) is 54.6 Å². The Morgan fingerprint density at radius 3 is 2.32 bits per heavy atom. The summed E-state index contributed by atoms with van der Waals surface area (Å²) in [6, 6.07) is 24.0. The highest BCUT2D eigenvalue weighted by Gasteiger charge is 2.08. The lowest BCUT2D eigenvalue weighted by molar-refractivity contribution is 0.307. The van der Waals surface area contributed by atoms with Gasteiger partial charge in [-0.25, -0.2) is 0 Å². The number of ether oxygens (including phenoxy) is 1. The van der Waals surface area contributed by atoms with E-state index < -0.39 is 0 Å². The zero-order valence-electron chi connectivity index (χ0n) is 12.0. The van der Waals surface area contributed by atoms with Gasteiger partial charge >= 0.3 is 0 Å². The molecule has 0 radical (unpaired) electrons. The predicted molar refractivity (Wildman–Crippen MR) is 94.8 cm³/mol. The number of benzene rings is 3. The molecule has 3 heteroatoms. The Balaban J connectivity index is 1.89. The molecule has 0 saturated carbocycles. The molecule has 3 aromatic carbocycles. The van der Waals surface area contributed by atoms with Gasteiger partial charge in [0.05, 0.1) is 0 Å². The van der Waals surface area contributed by atoms with Gasteiger partial charge in [0, 0.05) is 15.7 Å². The average molecular weight is 354 g/mol. The molecule has 0 aliphatic rings. The third-order valence-electron chi connectivity index (χ3n) is 3.40. The summed E-state index contributed by atoms with van der Waals surface area (Å²) >= 11 is 3.52. The van der Waals surface area contributed by atoms with Crippen molar-refractivity contribution in [3.63, 3.8) is 0 Å². The fourth-order valence-electron chi connectivity index (χ4n) is 2.25. The van der Waals surface area contributed by atoms with Crippen molar-refractivity contribution in [2.75, 3.05) is 5.73 Å². The molecule has 0 aromatic heterocycles. The quantitative estimate of drug-likeness (QED) is 0.647. The molecular weight excluding hydrogens is 338 g/mol. The maximum absolute atomic E-state index is 6.01. The summed E-state index contributed by atoms with van der Waals surface area (Å²) in [7, 11) is 0. The van der Waals surface area contributed by atoms with E-state index in [0.717, 1.165) is 32.6 Å². The van der Waals surface area contributed by atoms with Crippen LogP contribution in [0.25, 0.3) is 11.1 Å². The maximum atomic E-state index is 6.01. The van der Waals surface area contributed by atoms with Crippen LogP contribution >= 0.6 is 15.9 Å². The van der Waals surface area contributed by atoms with E-state index >= 15 is 0 Å². The second kappa shape index (κ2) is 6.67. The van der Waals surface area contributed by atoms with Crippen LogP contribution in [0.15, 0.2) is 77.3 Å². The van der Waals surface area contributed by atoms with Crippen molar-refractivity contribution >= 4 is 21.6 Å². The van der Waals surface area contributed by atoms with E-state index in [1.165, 1.54) is 0 Å². The molecule has 2 N–H and O–H groups in total. The van der Waals surface area contributed by atoms with Crippen LogP contribution in [0.3, 0.4) is 0 Å². The van der Waals surface area contributed by atoms with E-state index in [1.54, 1.807) is 0 Å². The zero-order valence-corrected chi connectivity index (χ0v) is 13.6. The lowest BCUT2D eigenvalue weighted by Gasteiger charge is -2.13. The van der Waals surface area contributed by atoms with E-state index in [-0.39, 0.29) is 0 Å². The highest BCUT2D eigenvalue weighted by Crippen LogP contribution is 2.33. The van der Waals surface area contributed by atoms with Gasteiger partial charge in [-0.1, -0.05) is 58.4 Å². The van der Waals surface area contributed by atoms with E-state index in [2.05, 4.69) is 34.1 Å². The first kappa shape index (κ1) is 14.7. The van der Waals surface area contributed by atoms with Crippen molar-refractivity contribution in [2.24, 2.45) is 0 Å². The lowest BCUT2D eigenvalue weighted by atomic mass is 10.0. The summed E-state index contributed by atoms with van der Waals surface area (Å²) in [4.78, 5) is 0. The summed E-state index contributed by atoms with van der Waals surface area (Å²) in [5.41, 5.74) is 9.80. The molecule has 0 spiro atoms. The number of rotatable bonds is 4. The van der Waals surface area contributed by atoms with Gasteiger partial charge in [0.2, 0.25) is 0 Å². The third kappa shape index (κ3) is 3.49. The van der Waals surface area contributed by atoms with E-state index in [4.69, 9.17) is 10.5 Å². The van der Waals surface area contributed by atoms with Crippen LogP contribution in [0.2, 0.25) is 0 Å². The van der Waals surface area contributed by atoms with Crippen molar-refractivity contribution in [2.45, 2.75) is 6.61 Å². The molecule has 0 unspecified atom stereocenters. The Hall–Kier alpha value is -2.26. The number of hydrogen-bond donors (Lipinski definition) is 1. The summed E-state index contributed by atoms with van der Waals surface area (Å²) in [5, 5.41) is 0. The van der Waals surface area contributed by atoms with Crippen LogP contribution in [-0.4, -0.2) is 0 Å². The first-order chi connectivity index (χ1) is 10.7. The molecule has 0 aliphatic carbocycles. The number of hydrogen-bond acceptors (Lipinski definition) is 2. The Morgan fingerprint density at radius 1 is 0.864 bits per heavy atom. The number of nitrogen functional groups attached to an aromatic ring is 1. The van der Waals surface area contributed by atoms with E-state index in [0.29, 0.717) is 6.61 Å². The summed E-state index contributed by atoms with van der Waals surface area (Å²) in [6.07, 6.45) is 0. The molecule has 0 heterocycles. The van der Waals surface area contributed by atoms with Crippen LogP contribution < -0.4 is 10.5 Å². The maximum Gasteiger partial charge on any atom is 0.127 e. The molecular formula is C19H16BrNO. The molecule has 0 saturated heterocycles. The molecule has 0 aliphatic heterocycles. The van der Waals surface area contributed by atoms with Crippen molar-refractivity contribution in [3.8, 4) is 16.9 Å². The molecule has 110 valence electrons. The zero-order chi connectivity index (χ0) is 15.4. The fraction of sp³-hybridized carbons (Fsp3) is 0.0526. The van der Waals surface area contributed by atoms with Gasteiger partial charge in [-0.3, -0.25) is 0 Å². The molecule has 3 rings (SSSR count). The molecule has 0 amide bonds. The van der Waals surface area contributed by atoms with Gasteiger partial charge in [-0.2, -0.15) is 0 Å². The Labute approximate surface area is 138 Å². The number of halogens is 1. The van der Waals surface area contributed by atoms with Crippen molar-refractivity contribution < 1.29 is 4.74 Å². The Morgan fingerprint density at radius 2 is 1.59 bits per heavy atom. The normalized spacial score (nSPS) is 10.4. The van der Waals surface area contributed by atoms with Gasteiger partial charge in [-0.15, -0.1) is 0 Å². The van der Waals surface area contributed by atoms with Crippen LogP contribution in [0.4, 0.5) is 5.69 Å². The Kier molecular flexibility index (Phi) is 4.45. The predicted octanol–water partition coefficient (Wildman–Crippen LogP) is 5.28. The van der Waals surface area contributed by atoms with Crippen molar-refractivity contribution in [1.82, 2.24) is 0 Å². The first-order valence-corrected chi connectivity index (χ1v) is 7.84. The molecule has 0 fully saturated rings. The average Bonchev–Trinajstić information content (AvgIpc) is 2.55. The lowest BCUT2D eigenvalue weighted by Crippen LogP contribution is -1.97. The van der Waals surface area contributed by atoms with Crippen molar-refractivity contribution in [3.05, 3.63) is 82.8 Å². The highest BCUT2D eigenvalue weighted by molar-refractivity contribution is 9.10. The Bertz CT molecular complexity index is 754. The third-order valence-corrected chi connectivity index (χ3v) is 3.89. The van der Waals surface area contributed by atoms with Gasteiger partial charge in [-0.05, 0) is 41.5 Å². The first-order valence-electron chi connectivity index (χ1n) is 7.04. The molecule has 3 aromatic rings. The summed E-state index contributed by atoms with van der Waals surface area (Å²) in [6.45, 7) is 0.546. The SMILES string of the molecule is Nc1ccc(-c2cc(Br)ccc2OCc2ccccc2)cc1. The second-order valence-electron chi connectivity index (χ2n) is 5.04. The number of anilines is 1. The fourth-order valence-corrected chi connectivity index (χ4v) is 2.61. The summed E-state index contributed by atoms with van der Waals surface area (Å²) in [5.74, 6) is 0.858. The topological polar surface area (TPSA) is 35.2 Å². The van der Waals surface area contributed by atoms with Crippen molar-refractivity contribution in [1.29, 1.82) is 0 Å². The van der Waals surface area contributed by atoms with Crippen LogP contribution in [0.1, 0.15) is 5.56 Å². The molecule has 2 nitrogen and oxygen atoms in total. The highest BCUT2D eigenvalue weighted by atomic mass is 79.9. The number of nitrogens with two attached hydrogens (primary N) is 1. The molecule has 22 heavy (non-hydrogen) atoms. The van der Waals surface area contributed by atoms with Crippen LogP contribution in [0.5, 0.6) is 5.75 Å². The van der Waals surface area contributed by atoms with Gasteiger partial charge in [0.25, 0.3) is 0 Å².